The van der Waals surface area contributed by atoms with Crippen LogP contribution >= 0.6 is 21.6 Å². The van der Waals surface area contributed by atoms with Gasteiger partial charge in [-0.2, -0.15) is 0 Å². The first-order valence-corrected chi connectivity index (χ1v) is 37.4. The molecule has 0 radical (unpaired) electrons. The Morgan fingerprint density at radius 1 is 0.651 bits per heavy atom. The van der Waals surface area contributed by atoms with Gasteiger partial charge in [-0.25, -0.2) is 4.98 Å². The van der Waals surface area contributed by atoms with Gasteiger partial charge in [-0.05, 0) is 98.7 Å². The molecule has 3 aromatic carbocycles. The van der Waals surface area contributed by atoms with Gasteiger partial charge >= 0.3 is 11.9 Å². The molecule has 12 amide bonds. The summed E-state index contributed by atoms with van der Waals surface area (Å²) in [6, 6.07) is 5.71. The number of unbranched alkanes of at least 4 members (excludes halogenated alkanes) is 1. The van der Waals surface area contributed by atoms with Crippen molar-refractivity contribution in [3.8, 4) is 0 Å². The summed E-state index contributed by atoms with van der Waals surface area (Å²) >= 11 is 0. The zero-order valence-electron chi connectivity index (χ0n) is 58.1. The standard InChI is InChI=1S/C69H91N19O16S2/c70-23-6-5-14-45(61(97)83-48(59(71)95)32-58(93)94)82-66(102)53-16-8-25-87(53)68(104)54-17-9-26-88(54)67(103)52-36-106-105-27-22-55(89)79-47(20-21-57(91)92)63(99)86-51(31-42-34-74-37-78-42)65(101)84-49(29-38-18-19-39-10-1-2-11-40(39)28-38)64(100)81-46(15-7-24-75-69(72)73)62(98)85-50(60(96)77-35-56(90)80-52)30-41-33-76-44-13-4-3-12-43(41)44/h1-4,10-13,18-19,28,33-34,37,45-54,76H,5-9,14-17,20-27,29-32,35-36,70H2,(H2,71,95)(H,74,78)(H,77,96)(H,79,89)(H,80,90)(H,81,100)(H,82,102)(H,83,97)(H,84,101)(H,85,98)(H,86,99)(H,91,92)(H,93,94)(H4,72,73,75)/t45-,46-,47?,48-,49?,50-,51-,52-,53-,54-/m0/s1. The maximum Gasteiger partial charge on any atom is 0.305 e. The van der Waals surface area contributed by atoms with E-state index in [2.05, 4.69) is 68.1 Å². The molecule has 2 aromatic heterocycles. The molecule has 21 N–H and O–H groups in total. The van der Waals surface area contributed by atoms with E-state index in [4.69, 9.17) is 22.6 Å². The number of guanidine groups is 1. The van der Waals surface area contributed by atoms with Crippen LogP contribution < -0.4 is 70.4 Å². The third-order valence-corrected chi connectivity index (χ3v) is 20.6. The molecule has 570 valence electrons. The van der Waals surface area contributed by atoms with E-state index in [1.165, 1.54) is 22.3 Å². The van der Waals surface area contributed by atoms with Crippen LogP contribution in [0.2, 0.25) is 0 Å². The normalized spacial score (nSPS) is 21.9. The number of nitrogens with one attached hydrogen (secondary N) is 13. The quantitative estimate of drug-likeness (QED) is 0.0124. The molecule has 8 rings (SSSR count). The van der Waals surface area contributed by atoms with E-state index < -0.39 is 169 Å². The summed E-state index contributed by atoms with van der Waals surface area (Å²) in [5, 5.41) is 55.7. The molecular weight excluding hydrogens is 1420 g/mol. The first kappa shape index (κ1) is 80.9. The molecule has 35 nitrogen and oxygen atoms in total. The molecule has 0 saturated carbocycles. The van der Waals surface area contributed by atoms with Gasteiger partial charge in [0.1, 0.15) is 60.4 Å². The highest BCUT2D eigenvalue weighted by molar-refractivity contribution is 8.76. The van der Waals surface area contributed by atoms with Crippen molar-refractivity contribution in [1.29, 1.82) is 5.41 Å². The van der Waals surface area contributed by atoms with Crippen molar-refractivity contribution < 1.29 is 77.3 Å². The number of hydrogen-bond donors (Lipinski definition) is 18. The second kappa shape index (κ2) is 39.9. The van der Waals surface area contributed by atoms with Crippen LogP contribution in [0, 0.1) is 5.41 Å². The van der Waals surface area contributed by atoms with Gasteiger partial charge < -0.3 is 100 Å². The van der Waals surface area contributed by atoms with Crippen LogP contribution in [0.1, 0.15) is 100 Å². The van der Waals surface area contributed by atoms with Crippen LogP contribution in [0.5, 0.6) is 0 Å². The van der Waals surface area contributed by atoms with Gasteiger partial charge in [0, 0.05) is 92.2 Å². The Labute approximate surface area is 616 Å². The monoisotopic (exact) mass is 1510 g/mol. The number of primary amides is 1. The van der Waals surface area contributed by atoms with Crippen LogP contribution in [0.4, 0.5) is 0 Å². The molecule has 3 aliphatic heterocycles. The van der Waals surface area contributed by atoms with E-state index in [0.29, 0.717) is 53.4 Å². The molecule has 5 aromatic rings. The maximum absolute atomic E-state index is 15.1. The molecule has 3 aliphatic rings. The van der Waals surface area contributed by atoms with E-state index in [0.717, 1.165) is 32.4 Å². The number of carbonyl (C=O) groups excluding carboxylic acids is 12. The molecule has 0 spiro atoms. The number of carboxylic acids is 2. The molecule has 5 heterocycles. The molecule has 106 heavy (non-hydrogen) atoms. The van der Waals surface area contributed by atoms with Crippen LogP contribution in [-0.4, -0.2) is 228 Å². The van der Waals surface area contributed by atoms with Crippen molar-refractivity contribution in [2.45, 2.75) is 163 Å². The second-order valence-electron chi connectivity index (χ2n) is 26.0. The number of imidazole rings is 1. The Kier molecular flexibility index (Phi) is 30.4. The lowest BCUT2D eigenvalue weighted by atomic mass is 9.99. The lowest BCUT2D eigenvalue weighted by Gasteiger charge is -2.33. The van der Waals surface area contributed by atoms with Gasteiger partial charge in [0.15, 0.2) is 5.96 Å². The van der Waals surface area contributed by atoms with E-state index >= 15 is 14.4 Å². The van der Waals surface area contributed by atoms with Gasteiger partial charge in [-0.15, -0.1) is 0 Å². The number of amides is 12. The molecule has 0 bridgehead atoms. The number of fused-ring (bicyclic) bond motifs is 2. The first-order chi connectivity index (χ1) is 50.8. The predicted molar refractivity (Wildman–Crippen MR) is 390 cm³/mol. The number of aliphatic carboxylic acids is 2. The molecule has 10 atom stereocenters. The smallest absolute Gasteiger partial charge is 0.305 e. The maximum atomic E-state index is 15.1. The summed E-state index contributed by atoms with van der Waals surface area (Å²) in [7, 11) is 2.12. The second-order valence-corrected chi connectivity index (χ2v) is 28.6. The lowest BCUT2D eigenvalue weighted by Crippen LogP contribution is -2.60. The Morgan fingerprint density at radius 2 is 1.30 bits per heavy atom. The molecule has 2 unspecified atom stereocenters. The summed E-state index contributed by atoms with van der Waals surface area (Å²) in [5.74, 6) is -13.6. The van der Waals surface area contributed by atoms with E-state index in [1.807, 2.05) is 36.4 Å². The topological polar surface area (TPSA) is 553 Å². The summed E-state index contributed by atoms with van der Waals surface area (Å²) in [5.41, 5.74) is 18.9. The van der Waals surface area contributed by atoms with Crippen LogP contribution in [-0.2, 0) is 86.4 Å². The highest BCUT2D eigenvalue weighted by Gasteiger charge is 2.45. The highest BCUT2D eigenvalue weighted by Crippen LogP contribution is 2.29. The number of carboxylic acid groups (broad SMARTS) is 2. The minimum atomic E-state index is -1.61. The van der Waals surface area contributed by atoms with Gasteiger partial charge in [0.25, 0.3) is 0 Å². The van der Waals surface area contributed by atoms with Crippen molar-refractivity contribution in [3.05, 3.63) is 102 Å². The number of nitrogens with zero attached hydrogens (tertiary/aromatic N) is 3. The Hall–Kier alpha value is -10.8. The van der Waals surface area contributed by atoms with Crippen molar-refractivity contribution in [1.82, 2.24) is 77.9 Å². The van der Waals surface area contributed by atoms with Crippen LogP contribution in [0.3, 0.4) is 0 Å². The number of para-hydroxylation sites is 1. The first-order valence-electron chi connectivity index (χ1n) is 34.9. The fraction of sp³-hybridized carbons (Fsp3) is 0.478. The Balaban J connectivity index is 1.09. The van der Waals surface area contributed by atoms with Crippen LogP contribution in [0.25, 0.3) is 21.7 Å². The summed E-state index contributed by atoms with van der Waals surface area (Å²) in [6.07, 6.45) is 3.23. The fourth-order valence-electron chi connectivity index (χ4n) is 12.8. The molecule has 0 aliphatic carbocycles. The number of hydrogen-bond acceptors (Lipinski definition) is 19. The predicted octanol–water partition coefficient (Wildman–Crippen LogP) is -1.95. The molecule has 3 saturated heterocycles. The van der Waals surface area contributed by atoms with Gasteiger partial charge in [0.05, 0.1) is 19.3 Å². The minimum Gasteiger partial charge on any atom is -0.481 e. The number of likely N-dealkylation sites (tertiary alicyclic amines) is 2. The summed E-state index contributed by atoms with van der Waals surface area (Å²) < 4.78 is 0. The van der Waals surface area contributed by atoms with Gasteiger partial charge in [-0.1, -0.05) is 82.3 Å². The third-order valence-electron chi connectivity index (χ3n) is 18.2. The van der Waals surface area contributed by atoms with Gasteiger partial charge in [0.2, 0.25) is 70.9 Å². The Bertz CT molecular complexity index is 4010. The van der Waals surface area contributed by atoms with E-state index in [-0.39, 0.29) is 101 Å². The van der Waals surface area contributed by atoms with Crippen molar-refractivity contribution >= 4 is 132 Å². The summed E-state index contributed by atoms with van der Waals surface area (Å²) in [4.78, 5) is 209. The number of aromatic nitrogens is 3. The molecule has 3 fully saturated rings. The summed E-state index contributed by atoms with van der Waals surface area (Å²) in [6.45, 7) is -0.417. The van der Waals surface area contributed by atoms with Crippen molar-refractivity contribution in [3.63, 3.8) is 0 Å². The molecular formula is C69H91N19O16S2. The number of aromatic amines is 2. The minimum absolute atomic E-state index is 0.00668. The van der Waals surface area contributed by atoms with Crippen molar-refractivity contribution in [2.75, 3.05) is 44.2 Å². The van der Waals surface area contributed by atoms with Crippen LogP contribution in [0.15, 0.2) is 85.5 Å². The van der Waals surface area contributed by atoms with E-state index in [9.17, 15) is 63.0 Å². The van der Waals surface area contributed by atoms with E-state index in [1.54, 1.807) is 36.5 Å². The number of nitrogens with two attached hydrogens (primary N) is 3. The highest BCUT2D eigenvalue weighted by atomic mass is 33.1. The number of H-pyrrole nitrogens is 2. The molecule has 37 heteroatoms. The number of benzene rings is 3. The average molecular weight is 1510 g/mol. The number of carbonyl (C=O) groups is 14. The average Bonchev–Trinajstić information content (AvgIpc) is 1.62. The lowest BCUT2D eigenvalue weighted by molar-refractivity contribution is -0.148. The zero-order chi connectivity index (χ0) is 76.4. The number of rotatable bonds is 26. The largest absolute Gasteiger partial charge is 0.481 e. The Morgan fingerprint density at radius 3 is 1.98 bits per heavy atom. The van der Waals surface area contributed by atoms with Crippen molar-refractivity contribution in [2.24, 2.45) is 17.2 Å². The van der Waals surface area contributed by atoms with Gasteiger partial charge in [-0.3, -0.25) is 72.5 Å². The fourth-order valence-corrected chi connectivity index (χ4v) is 14.9. The third kappa shape index (κ3) is 23.9. The SMILES string of the molecule is N=C(N)NCCC[C@@H]1NC(=O)C(Cc2ccc3ccccc3c2)NC(=O)[C@H](Cc2cnc[nH]2)NC(=O)C(CCC(=O)O)NC(=O)CCSSC[C@@H](C(=O)N2CCC[C@H]2C(=O)N2CCC[C@H]2C(=O)N[C@@H](CCCCN)C(=O)N[C@@H](CC(=O)O)C(N)=O)NC(=O)CNC(=O)[C@H](Cc2c[nH]c3ccccc23)NC1=O. The zero-order valence-corrected chi connectivity index (χ0v) is 59.8.